The summed E-state index contributed by atoms with van der Waals surface area (Å²) in [4.78, 5) is 15.1. The van der Waals surface area contributed by atoms with Crippen LogP contribution >= 0.6 is 35.7 Å². The molecule has 22 heavy (non-hydrogen) atoms. The Hall–Kier alpha value is -1.50. The van der Waals surface area contributed by atoms with Crippen LogP contribution in [0.2, 0.25) is 0 Å². The highest BCUT2D eigenvalue weighted by atomic mass is 32.2. The van der Waals surface area contributed by atoms with Crippen molar-refractivity contribution in [2.75, 3.05) is 7.05 Å². The molecule has 1 aliphatic heterocycles. The van der Waals surface area contributed by atoms with Crippen LogP contribution in [0.3, 0.4) is 0 Å². The zero-order valence-electron chi connectivity index (χ0n) is 12.0. The summed E-state index contributed by atoms with van der Waals surface area (Å²) in [6.45, 7) is 2.06. The summed E-state index contributed by atoms with van der Waals surface area (Å²) < 4.78 is 6.32. The zero-order valence-corrected chi connectivity index (χ0v) is 14.5. The van der Waals surface area contributed by atoms with E-state index in [4.69, 9.17) is 16.6 Å². The number of hydrogen-bond donors (Lipinski definition) is 0. The van der Waals surface area contributed by atoms with Crippen LogP contribution in [-0.2, 0) is 4.79 Å². The van der Waals surface area contributed by atoms with Crippen molar-refractivity contribution in [3.63, 3.8) is 0 Å². The third kappa shape index (κ3) is 3.29. The van der Waals surface area contributed by atoms with Crippen LogP contribution in [0.5, 0.6) is 0 Å². The molecule has 2 aromatic rings. The lowest BCUT2D eigenvalue weighted by Crippen LogP contribution is -2.22. The number of aryl methyl sites for hydroxylation is 1. The van der Waals surface area contributed by atoms with Gasteiger partial charge in [-0.05, 0) is 31.2 Å². The van der Waals surface area contributed by atoms with Crippen LogP contribution in [0, 0.1) is 6.92 Å². The monoisotopic (exact) mass is 347 g/mol. The molecule has 112 valence electrons. The van der Waals surface area contributed by atoms with Crippen molar-refractivity contribution < 1.29 is 9.21 Å². The van der Waals surface area contributed by atoms with Gasteiger partial charge in [0.1, 0.15) is 10.1 Å². The molecule has 1 fully saturated rings. The van der Waals surface area contributed by atoms with Crippen LogP contribution in [0.4, 0.5) is 0 Å². The summed E-state index contributed by atoms with van der Waals surface area (Å²) in [5.41, 5.74) is 1.23. The van der Waals surface area contributed by atoms with E-state index < -0.39 is 0 Å². The quantitative estimate of drug-likeness (QED) is 0.600. The van der Waals surface area contributed by atoms with Gasteiger partial charge in [-0.2, -0.15) is 0 Å². The fourth-order valence-electron chi connectivity index (χ4n) is 1.86. The number of hydrogen-bond acceptors (Lipinski definition) is 5. The number of carbonyl (C=O) groups is 1. The second kappa shape index (κ2) is 6.32. The number of rotatable bonds is 3. The van der Waals surface area contributed by atoms with E-state index in [0.717, 1.165) is 9.99 Å². The zero-order chi connectivity index (χ0) is 15.7. The fourth-order valence-corrected chi connectivity index (χ4v) is 3.80. The highest BCUT2D eigenvalue weighted by molar-refractivity contribution is 8.26. The fraction of sp³-hybridized carbons (Fsp3) is 0.125. The SMILES string of the molecule is Cc1ccc(Sc2ccc(C=C3SC(=S)N(C)C3=O)o2)cc1. The molecule has 1 aliphatic rings. The molecule has 0 atom stereocenters. The Kier molecular flexibility index (Phi) is 4.42. The Balaban J connectivity index is 1.75. The average Bonchev–Trinajstić information content (AvgIpc) is 3.03. The van der Waals surface area contributed by atoms with Gasteiger partial charge in [0.05, 0.1) is 4.91 Å². The van der Waals surface area contributed by atoms with Crippen molar-refractivity contribution in [2.45, 2.75) is 16.9 Å². The third-order valence-corrected chi connectivity index (χ3v) is 5.51. The lowest BCUT2D eigenvalue weighted by atomic mass is 10.2. The molecule has 0 saturated carbocycles. The Morgan fingerprint density at radius 3 is 2.59 bits per heavy atom. The summed E-state index contributed by atoms with van der Waals surface area (Å²) in [5.74, 6) is 0.572. The second-order valence-electron chi connectivity index (χ2n) is 4.81. The van der Waals surface area contributed by atoms with Crippen molar-refractivity contribution in [2.24, 2.45) is 0 Å². The van der Waals surface area contributed by atoms with Crippen LogP contribution in [0.25, 0.3) is 6.08 Å². The molecule has 0 spiro atoms. The van der Waals surface area contributed by atoms with E-state index in [1.54, 1.807) is 24.9 Å². The van der Waals surface area contributed by atoms with E-state index in [9.17, 15) is 4.79 Å². The molecule has 2 heterocycles. The van der Waals surface area contributed by atoms with E-state index >= 15 is 0 Å². The third-order valence-electron chi connectivity index (χ3n) is 3.10. The second-order valence-corrected chi connectivity index (χ2v) is 7.57. The maximum absolute atomic E-state index is 12.0. The number of carbonyl (C=O) groups excluding carboxylic acids is 1. The van der Waals surface area contributed by atoms with Crippen molar-refractivity contribution in [1.82, 2.24) is 4.90 Å². The molecule has 1 aromatic heterocycles. The van der Waals surface area contributed by atoms with Gasteiger partial charge in [0, 0.05) is 18.0 Å². The summed E-state index contributed by atoms with van der Waals surface area (Å²) in [6.07, 6.45) is 1.74. The first-order valence-electron chi connectivity index (χ1n) is 6.59. The minimum absolute atomic E-state index is 0.0841. The number of furan rings is 1. The molecule has 1 aromatic carbocycles. The summed E-state index contributed by atoms with van der Waals surface area (Å²) in [5, 5.41) is 0.794. The van der Waals surface area contributed by atoms with Crippen LogP contribution in [0.1, 0.15) is 11.3 Å². The number of thiocarbonyl (C=S) groups is 1. The van der Waals surface area contributed by atoms with Gasteiger partial charge in [-0.3, -0.25) is 9.69 Å². The number of likely N-dealkylation sites (N-methyl/N-ethyl adjacent to an activating group) is 1. The van der Waals surface area contributed by atoms with E-state index in [1.807, 2.05) is 12.1 Å². The molecule has 6 heteroatoms. The maximum atomic E-state index is 12.0. The van der Waals surface area contributed by atoms with Crippen molar-refractivity contribution in [3.05, 3.63) is 52.6 Å². The number of thioether (sulfide) groups is 1. The van der Waals surface area contributed by atoms with Crippen molar-refractivity contribution in [3.8, 4) is 0 Å². The Morgan fingerprint density at radius 2 is 1.95 bits per heavy atom. The van der Waals surface area contributed by atoms with E-state index in [0.29, 0.717) is 15.0 Å². The molecule has 3 rings (SSSR count). The van der Waals surface area contributed by atoms with Gasteiger partial charge in [-0.1, -0.05) is 53.4 Å². The molecular formula is C16H13NO2S3. The van der Waals surface area contributed by atoms with Gasteiger partial charge in [-0.25, -0.2) is 0 Å². The minimum Gasteiger partial charge on any atom is -0.450 e. The summed E-state index contributed by atoms with van der Waals surface area (Å²) in [7, 11) is 1.68. The number of nitrogens with zero attached hydrogens (tertiary/aromatic N) is 1. The van der Waals surface area contributed by atoms with Gasteiger partial charge in [0.2, 0.25) is 0 Å². The van der Waals surface area contributed by atoms with E-state index in [1.165, 1.54) is 22.2 Å². The molecule has 0 N–H and O–H groups in total. The van der Waals surface area contributed by atoms with Crippen LogP contribution in [-0.4, -0.2) is 22.2 Å². The number of amides is 1. The van der Waals surface area contributed by atoms with Crippen LogP contribution in [0.15, 0.2) is 55.7 Å². The smallest absolute Gasteiger partial charge is 0.266 e. The van der Waals surface area contributed by atoms with Gasteiger partial charge in [-0.15, -0.1) is 0 Å². The molecular weight excluding hydrogens is 334 g/mol. The minimum atomic E-state index is -0.0841. The first kappa shape index (κ1) is 15.4. The highest BCUT2D eigenvalue weighted by Crippen LogP contribution is 2.34. The summed E-state index contributed by atoms with van der Waals surface area (Å²) in [6, 6.07) is 12.0. The van der Waals surface area contributed by atoms with Crippen molar-refractivity contribution >= 4 is 52.0 Å². The Bertz CT molecular complexity index is 762. The first-order valence-corrected chi connectivity index (χ1v) is 8.63. The predicted molar refractivity (Wildman–Crippen MR) is 94.9 cm³/mol. The number of benzene rings is 1. The molecule has 0 aliphatic carbocycles. The summed E-state index contributed by atoms with van der Waals surface area (Å²) >= 11 is 7.95. The van der Waals surface area contributed by atoms with Crippen LogP contribution < -0.4 is 0 Å². The Labute approximate surface area is 142 Å². The van der Waals surface area contributed by atoms with Gasteiger partial charge >= 0.3 is 0 Å². The standard InChI is InChI=1S/C16H13NO2S3/c1-10-3-6-12(7-4-10)21-14-8-5-11(19-14)9-13-15(18)17(2)16(20)22-13/h3-9H,1-2H3. The van der Waals surface area contributed by atoms with Crippen molar-refractivity contribution in [1.29, 1.82) is 0 Å². The maximum Gasteiger partial charge on any atom is 0.266 e. The van der Waals surface area contributed by atoms with E-state index in [2.05, 4.69) is 31.2 Å². The molecule has 0 unspecified atom stereocenters. The lowest BCUT2D eigenvalue weighted by molar-refractivity contribution is -0.121. The molecule has 3 nitrogen and oxygen atoms in total. The predicted octanol–water partition coefficient (Wildman–Crippen LogP) is 4.57. The lowest BCUT2D eigenvalue weighted by Gasteiger charge is -2.03. The van der Waals surface area contributed by atoms with Gasteiger partial charge < -0.3 is 4.42 Å². The topological polar surface area (TPSA) is 33.5 Å². The first-order chi connectivity index (χ1) is 10.5. The molecule has 1 saturated heterocycles. The molecule has 0 radical (unpaired) electrons. The van der Waals surface area contributed by atoms with Gasteiger partial charge in [0.25, 0.3) is 5.91 Å². The Morgan fingerprint density at radius 1 is 1.23 bits per heavy atom. The van der Waals surface area contributed by atoms with E-state index in [-0.39, 0.29) is 5.91 Å². The molecule has 1 amide bonds. The largest absolute Gasteiger partial charge is 0.450 e. The van der Waals surface area contributed by atoms with Gasteiger partial charge in [0.15, 0.2) is 5.09 Å². The normalized spacial score (nSPS) is 16.8. The average molecular weight is 347 g/mol. The molecule has 0 bridgehead atoms. The highest BCUT2D eigenvalue weighted by Gasteiger charge is 2.28.